The Balaban J connectivity index is 1.06. The molecule has 1 amide bonds. The van der Waals surface area contributed by atoms with Crippen LogP contribution in [0.5, 0.6) is 11.5 Å². The fourth-order valence-electron chi connectivity index (χ4n) is 10.3. The van der Waals surface area contributed by atoms with E-state index in [9.17, 15) is 24.6 Å². The molecule has 1 fully saturated rings. The third kappa shape index (κ3) is 8.85. The quantitative estimate of drug-likeness (QED) is 0.0764. The molecule has 1 unspecified atom stereocenters. The van der Waals surface area contributed by atoms with Crippen molar-refractivity contribution in [2.24, 2.45) is 11.8 Å². The second-order valence-electron chi connectivity index (χ2n) is 17.4. The van der Waals surface area contributed by atoms with Crippen LogP contribution in [0, 0.1) is 11.8 Å². The fourth-order valence-corrected chi connectivity index (χ4v) is 10.5. The molecule has 1 heterocycles. The maximum absolute atomic E-state index is 13.1. The minimum atomic E-state index is -1.51. The van der Waals surface area contributed by atoms with Gasteiger partial charge >= 0.3 is 11.9 Å². The van der Waals surface area contributed by atoms with Crippen LogP contribution in [0.3, 0.4) is 0 Å². The molecule has 7 rings (SSSR count). The SMILES string of the molecule is CCC(NC(=O)CCCOc1ccc2c(c1)C1(CCC(Nc3cccc(Cl)c3)(C(=O)O)CC1)[C@@H](C[C@@H](C)COc1ccnc3c1[C@H](C)CCC3)C2)(C(=O)O)c1ccccc1. The van der Waals surface area contributed by atoms with Crippen molar-refractivity contribution in [2.45, 2.75) is 120 Å². The summed E-state index contributed by atoms with van der Waals surface area (Å²) in [7, 11) is 0. The van der Waals surface area contributed by atoms with Crippen LogP contribution in [0.4, 0.5) is 5.69 Å². The van der Waals surface area contributed by atoms with Crippen LogP contribution in [-0.4, -0.2) is 51.8 Å². The summed E-state index contributed by atoms with van der Waals surface area (Å²) in [5.74, 6) is 0.264. The van der Waals surface area contributed by atoms with E-state index >= 15 is 0 Å². The molecule has 0 bridgehead atoms. The number of amides is 1. The number of ether oxygens (including phenoxy) is 2. The molecule has 0 aliphatic heterocycles. The van der Waals surface area contributed by atoms with Gasteiger partial charge in [-0.2, -0.15) is 0 Å². The molecule has 4 atom stereocenters. The molecule has 11 heteroatoms. The summed E-state index contributed by atoms with van der Waals surface area (Å²) in [4.78, 5) is 43.3. The normalized spacial score (nSPS) is 23.4. The Morgan fingerprint density at radius 3 is 2.48 bits per heavy atom. The number of benzene rings is 3. The number of aliphatic carboxylic acids is 2. The van der Waals surface area contributed by atoms with Crippen molar-refractivity contribution in [3.63, 3.8) is 0 Å². The Morgan fingerprint density at radius 1 is 0.983 bits per heavy atom. The van der Waals surface area contributed by atoms with Gasteiger partial charge in [-0.3, -0.25) is 9.78 Å². The lowest BCUT2D eigenvalue weighted by atomic mass is 9.59. The van der Waals surface area contributed by atoms with Crippen LogP contribution in [0.15, 0.2) is 85.1 Å². The zero-order valence-corrected chi connectivity index (χ0v) is 35.7. The zero-order valence-electron chi connectivity index (χ0n) is 35.0. The molecule has 4 aromatic rings. The largest absolute Gasteiger partial charge is 0.494 e. The number of nitrogens with zero attached hydrogens (tertiary/aromatic N) is 1. The van der Waals surface area contributed by atoms with Gasteiger partial charge in [0.15, 0.2) is 5.54 Å². The van der Waals surface area contributed by atoms with Gasteiger partial charge in [-0.05, 0) is 147 Å². The van der Waals surface area contributed by atoms with Crippen LogP contribution in [0.25, 0.3) is 0 Å². The number of fused-ring (bicyclic) bond motifs is 3. The van der Waals surface area contributed by atoms with Gasteiger partial charge in [-0.1, -0.05) is 74.8 Å². The maximum atomic E-state index is 13.1. The Labute approximate surface area is 358 Å². The van der Waals surface area contributed by atoms with E-state index < -0.39 is 23.0 Å². The van der Waals surface area contributed by atoms with Crippen molar-refractivity contribution in [3.8, 4) is 11.5 Å². The highest BCUT2D eigenvalue weighted by Gasteiger charge is 2.54. The van der Waals surface area contributed by atoms with E-state index in [4.69, 9.17) is 21.1 Å². The van der Waals surface area contributed by atoms with Gasteiger partial charge in [-0.15, -0.1) is 0 Å². The first-order valence-corrected chi connectivity index (χ1v) is 22.0. The number of carbonyl (C=O) groups is 3. The predicted molar refractivity (Wildman–Crippen MR) is 233 cm³/mol. The molecule has 4 N–H and O–H groups in total. The molecule has 0 radical (unpaired) electrons. The summed E-state index contributed by atoms with van der Waals surface area (Å²) in [5, 5.41) is 27.6. The molecule has 10 nitrogen and oxygen atoms in total. The van der Waals surface area contributed by atoms with Gasteiger partial charge in [0.2, 0.25) is 5.91 Å². The number of nitrogens with one attached hydrogen (secondary N) is 2. The first-order valence-electron chi connectivity index (χ1n) is 21.6. The number of pyridine rings is 1. The molecule has 1 saturated carbocycles. The number of hydrogen-bond donors (Lipinski definition) is 4. The van der Waals surface area contributed by atoms with Gasteiger partial charge in [0.05, 0.1) is 13.2 Å². The molecule has 60 heavy (non-hydrogen) atoms. The highest BCUT2D eigenvalue weighted by Crippen LogP contribution is 2.57. The summed E-state index contributed by atoms with van der Waals surface area (Å²) in [5.41, 5.74) is 3.19. The third-order valence-electron chi connectivity index (χ3n) is 13.6. The number of hydrogen-bond acceptors (Lipinski definition) is 7. The van der Waals surface area contributed by atoms with Crippen molar-refractivity contribution < 1.29 is 34.1 Å². The van der Waals surface area contributed by atoms with Crippen LogP contribution >= 0.6 is 11.6 Å². The Kier molecular flexibility index (Phi) is 13.1. The van der Waals surface area contributed by atoms with Crippen molar-refractivity contribution in [1.29, 1.82) is 0 Å². The number of aromatic nitrogens is 1. The summed E-state index contributed by atoms with van der Waals surface area (Å²) < 4.78 is 12.9. The van der Waals surface area contributed by atoms with E-state index in [1.54, 1.807) is 43.3 Å². The molecule has 3 aliphatic rings. The summed E-state index contributed by atoms with van der Waals surface area (Å²) in [6.45, 7) is 7.13. The summed E-state index contributed by atoms with van der Waals surface area (Å²) >= 11 is 6.30. The second kappa shape index (κ2) is 18.3. The van der Waals surface area contributed by atoms with Gasteiger partial charge in [0.1, 0.15) is 17.0 Å². The number of carboxylic acid groups (broad SMARTS) is 2. The maximum Gasteiger partial charge on any atom is 0.334 e. The van der Waals surface area contributed by atoms with Crippen molar-refractivity contribution in [3.05, 3.63) is 118 Å². The van der Waals surface area contributed by atoms with E-state index in [1.807, 2.05) is 36.5 Å². The number of anilines is 1. The number of aryl methyl sites for hydroxylation is 1. The topological polar surface area (TPSA) is 147 Å². The molecular formula is C49H58ClN3O7. The Morgan fingerprint density at radius 2 is 1.77 bits per heavy atom. The number of carboxylic acids is 2. The molecule has 3 aromatic carbocycles. The first-order chi connectivity index (χ1) is 28.9. The van der Waals surface area contributed by atoms with Crippen LogP contribution in [0.1, 0.15) is 119 Å². The first kappa shape index (κ1) is 43.0. The van der Waals surface area contributed by atoms with E-state index in [1.165, 1.54) is 16.7 Å². The Bertz CT molecular complexity index is 2170. The highest BCUT2D eigenvalue weighted by atomic mass is 35.5. The average molecular weight is 836 g/mol. The zero-order chi connectivity index (χ0) is 42.5. The lowest BCUT2D eigenvalue weighted by molar-refractivity contribution is -0.148. The van der Waals surface area contributed by atoms with Gasteiger partial charge in [-0.25, -0.2) is 9.59 Å². The van der Waals surface area contributed by atoms with Crippen molar-refractivity contribution >= 4 is 35.1 Å². The lowest BCUT2D eigenvalue weighted by Crippen LogP contribution is -2.53. The standard InChI is InChI=1S/C49H58ClN3O7/c1-4-49(46(57)58,35-12-6-5-7-13-35)53-43(54)17-10-26-59-39-19-18-34-28-36(27-32(2)31-60-42-20-25-51-41-16-8-11-33(3)44(41)42)47(40(34)30-39)21-23-48(24-22-47,45(55)56)52-38-15-9-14-37(50)29-38/h5-7,9,12-15,18-20,25,29-30,32-33,36,52H,4,8,10-11,16-17,21-24,26-28,31H2,1-3H3,(H,53,54)(H,55,56)(H,57,58)/t32-,33-,36+,47?,48?,49?/m1/s1. The second-order valence-corrected chi connectivity index (χ2v) is 17.9. The molecule has 1 spiro atoms. The summed E-state index contributed by atoms with van der Waals surface area (Å²) in [6, 6.07) is 24.3. The van der Waals surface area contributed by atoms with Gasteiger partial charge in [0.25, 0.3) is 0 Å². The minimum Gasteiger partial charge on any atom is -0.494 e. The highest BCUT2D eigenvalue weighted by molar-refractivity contribution is 6.30. The van der Waals surface area contributed by atoms with E-state index in [-0.39, 0.29) is 42.6 Å². The summed E-state index contributed by atoms with van der Waals surface area (Å²) in [6.07, 6.45) is 9.90. The average Bonchev–Trinajstić information content (AvgIpc) is 3.52. The smallest absolute Gasteiger partial charge is 0.334 e. The minimum absolute atomic E-state index is 0.108. The molecule has 0 saturated heterocycles. The van der Waals surface area contributed by atoms with E-state index in [2.05, 4.69) is 41.6 Å². The molecule has 1 aromatic heterocycles. The fraction of sp³-hybridized carbons (Fsp3) is 0.469. The van der Waals surface area contributed by atoms with Crippen LogP contribution in [-0.2, 0) is 38.2 Å². The van der Waals surface area contributed by atoms with Crippen molar-refractivity contribution in [1.82, 2.24) is 10.3 Å². The monoisotopic (exact) mass is 835 g/mol. The van der Waals surface area contributed by atoms with E-state index in [0.717, 1.165) is 43.5 Å². The molecular weight excluding hydrogens is 778 g/mol. The lowest BCUT2D eigenvalue weighted by Gasteiger charge is -2.47. The van der Waals surface area contributed by atoms with Crippen LogP contribution < -0.4 is 20.1 Å². The molecule has 3 aliphatic carbocycles. The third-order valence-corrected chi connectivity index (χ3v) is 13.8. The number of rotatable bonds is 17. The van der Waals surface area contributed by atoms with Crippen LogP contribution in [0.2, 0.25) is 5.02 Å². The predicted octanol–water partition coefficient (Wildman–Crippen LogP) is 9.86. The molecule has 318 valence electrons. The Hall–Kier alpha value is -5.09. The van der Waals surface area contributed by atoms with E-state index in [0.29, 0.717) is 66.7 Å². The van der Waals surface area contributed by atoms with Crippen molar-refractivity contribution in [2.75, 3.05) is 18.5 Å². The number of halogens is 1. The van der Waals surface area contributed by atoms with Gasteiger partial charge in [0, 0.05) is 34.6 Å². The van der Waals surface area contributed by atoms with Gasteiger partial charge < -0.3 is 30.3 Å². The number of carbonyl (C=O) groups excluding carboxylic acids is 1.